The summed E-state index contributed by atoms with van der Waals surface area (Å²) in [6.45, 7) is 2.40. The van der Waals surface area contributed by atoms with Gasteiger partial charge in [0.2, 0.25) is 0 Å². The van der Waals surface area contributed by atoms with Gasteiger partial charge in [0.25, 0.3) is 0 Å². The number of carbonyl (C=O) groups is 4. The van der Waals surface area contributed by atoms with Gasteiger partial charge in [-0.2, -0.15) is 0 Å². The molecule has 0 radical (unpaired) electrons. The number of carbonyl (C=O) groups excluding carboxylic acids is 2. The van der Waals surface area contributed by atoms with Gasteiger partial charge in [-0.05, 0) is 19.8 Å². The summed E-state index contributed by atoms with van der Waals surface area (Å²) in [6.07, 6.45) is -0.423. The Morgan fingerprint density at radius 1 is 0.912 bits per heavy atom. The van der Waals surface area contributed by atoms with E-state index in [0.717, 1.165) is 0 Å². The first-order chi connectivity index (χ1) is 16.1. The van der Waals surface area contributed by atoms with E-state index in [1.807, 2.05) is 0 Å². The Bertz CT molecular complexity index is 758. The zero-order chi connectivity index (χ0) is 26.8. The van der Waals surface area contributed by atoms with Gasteiger partial charge >= 0.3 is 188 Å². The molecular weight excluding hydrogens is 1080 g/mol. The number of carboxylic acid groups (broad SMARTS) is 2. The first-order valence-corrected chi connectivity index (χ1v) is 26.1. The molecule has 0 heterocycles. The Kier molecular flexibility index (Phi) is 34.9. The molecule has 0 aromatic carbocycles. The van der Waals surface area contributed by atoms with Gasteiger partial charge in [0.05, 0.1) is 0 Å². The minimum atomic E-state index is -1.29. The Labute approximate surface area is 243 Å². The van der Waals surface area contributed by atoms with Crippen LogP contribution in [0, 0.1) is 0 Å². The van der Waals surface area contributed by atoms with Gasteiger partial charge in [0.15, 0.2) is 0 Å². The van der Waals surface area contributed by atoms with Crippen LogP contribution in [0.1, 0.15) is 39.0 Å². The van der Waals surface area contributed by atoms with Gasteiger partial charge in [0, 0.05) is 12.6 Å². The van der Waals surface area contributed by atoms with Gasteiger partial charge in [-0.3, -0.25) is 0 Å². The first kappa shape index (κ1) is 39.4. The van der Waals surface area contributed by atoms with Crippen molar-refractivity contribution in [2.45, 2.75) is 51.1 Å². The van der Waals surface area contributed by atoms with Crippen molar-refractivity contribution in [3.8, 4) is 0 Å². The summed E-state index contributed by atoms with van der Waals surface area (Å²) in [5.74, 6) is -0.435. The summed E-state index contributed by atoms with van der Waals surface area (Å²) in [7, 11) is 11.5. The van der Waals surface area contributed by atoms with Crippen molar-refractivity contribution in [2.75, 3.05) is 13.1 Å². The van der Waals surface area contributed by atoms with Crippen molar-refractivity contribution < 1.29 is 87.9 Å². The zero-order valence-electron chi connectivity index (χ0n) is 17.9. The number of unbranched alkanes of at least 4 members (excludes halogenated alkanes) is 1. The van der Waals surface area contributed by atoms with Crippen LogP contribution in [0.15, 0.2) is 0 Å². The van der Waals surface area contributed by atoms with Crippen LogP contribution in [0.4, 0.5) is 14.4 Å². The molecular formula is C14H27N4O7P3S3W3. The third kappa shape index (κ3) is 32.9. The molecule has 6 N–H and O–H groups in total. The van der Waals surface area contributed by atoms with E-state index in [2.05, 4.69) is 37.3 Å². The normalized spacial score (nSPS) is 10.9. The Hall–Kier alpha value is 0.905. The summed E-state index contributed by atoms with van der Waals surface area (Å²) >= 11 is 4.24. The van der Waals surface area contributed by atoms with Gasteiger partial charge in [0.1, 0.15) is 0 Å². The first-order valence-electron chi connectivity index (χ1n) is 9.21. The van der Waals surface area contributed by atoms with Crippen LogP contribution in [0.5, 0.6) is 0 Å². The Morgan fingerprint density at radius 3 is 1.94 bits per heavy atom. The summed E-state index contributed by atoms with van der Waals surface area (Å²) in [6, 6.07) is -1.13. The zero-order valence-corrected chi connectivity index (χ0v) is 32.1. The molecule has 4 amide bonds. The Morgan fingerprint density at radius 2 is 1.44 bits per heavy atom. The molecule has 0 rings (SSSR count). The van der Waals surface area contributed by atoms with E-state index >= 15 is 0 Å². The van der Waals surface area contributed by atoms with E-state index in [4.69, 9.17) is 14.7 Å². The van der Waals surface area contributed by atoms with Crippen LogP contribution >= 0.6 is 23.6 Å². The van der Waals surface area contributed by atoms with Crippen molar-refractivity contribution in [1.29, 1.82) is 0 Å². The van der Waals surface area contributed by atoms with Gasteiger partial charge < -0.3 is 15.5 Å². The van der Waals surface area contributed by atoms with Gasteiger partial charge in [-0.15, -0.1) is 0 Å². The second-order valence-electron chi connectivity index (χ2n) is 5.90. The molecule has 2 atom stereocenters. The molecule has 0 aromatic rings. The number of nitrogens with one attached hydrogen (secondary N) is 4. The third-order valence-corrected chi connectivity index (χ3v) is 6.11. The molecule has 34 heavy (non-hydrogen) atoms. The number of rotatable bonds is 13. The fourth-order valence-electron chi connectivity index (χ4n) is 2.19. The van der Waals surface area contributed by atoms with Crippen molar-refractivity contribution in [3.63, 3.8) is 0 Å². The standard InChI is InChI=1S/C14H25N4O7PS.2HPS.3W/c1-9(17-12(20)21)5-4-8-15-11(19)10(18-13(22)23)6-2-3-7-16-14(24)25-26-27;2*1-2;;;/h9-10,17-18H,2-8H2,1H3,(H,15,19)(H,16,24)(H,20,21)(H,22,23);2*1H;;;. The SMILES string of the molecule is CC(CCCNC(=O)C(CCCCNC(=O)OP=[S]=[W])NC(=O)O)NC(=O)O.P=[S]=[W].P=[S]=[W]. The number of hydrogen-bond donors (Lipinski definition) is 6. The summed E-state index contributed by atoms with van der Waals surface area (Å²) in [4.78, 5) is 44.8. The second kappa shape index (κ2) is 30.1. The summed E-state index contributed by atoms with van der Waals surface area (Å²) in [5, 5.41) is 27.2. The molecule has 0 aliphatic heterocycles. The van der Waals surface area contributed by atoms with Crippen molar-refractivity contribution in [3.05, 3.63) is 0 Å². The number of hydrogen-bond acceptors (Lipinski definition) is 5. The summed E-state index contributed by atoms with van der Waals surface area (Å²) < 4.78 is 4.82. The molecule has 0 fully saturated rings. The third-order valence-electron chi connectivity index (χ3n) is 3.44. The van der Waals surface area contributed by atoms with Crippen molar-refractivity contribution in [2.24, 2.45) is 0 Å². The Balaban J connectivity index is -0.00000143. The molecule has 0 aromatic heterocycles. The molecule has 0 aliphatic carbocycles. The summed E-state index contributed by atoms with van der Waals surface area (Å²) in [5.41, 5.74) is 0. The predicted molar refractivity (Wildman–Crippen MR) is 132 cm³/mol. The van der Waals surface area contributed by atoms with Crippen molar-refractivity contribution >= 4 is 72.2 Å². The minimum absolute atomic E-state index is 0.238. The molecule has 196 valence electrons. The molecule has 0 spiro atoms. The maximum absolute atomic E-state index is 12.2. The fraction of sp³-hybridized carbons (Fsp3) is 0.714. The monoisotopic (exact) mass is 1100 g/mol. The van der Waals surface area contributed by atoms with E-state index in [0.29, 0.717) is 46.4 Å². The molecule has 0 aliphatic rings. The van der Waals surface area contributed by atoms with Crippen LogP contribution in [0.2, 0.25) is 0 Å². The average Bonchev–Trinajstić information content (AvgIpc) is 2.74. The van der Waals surface area contributed by atoms with E-state index in [9.17, 15) is 19.2 Å². The van der Waals surface area contributed by atoms with E-state index < -0.39 is 30.2 Å². The van der Waals surface area contributed by atoms with E-state index in [1.54, 1.807) is 23.2 Å². The quantitative estimate of drug-likeness (QED) is 0.122. The molecule has 11 nitrogen and oxygen atoms in total. The molecule has 20 heteroatoms. The van der Waals surface area contributed by atoms with E-state index in [1.165, 1.54) is 62.1 Å². The van der Waals surface area contributed by atoms with Crippen LogP contribution in [-0.2, 0) is 87.7 Å². The van der Waals surface area contributed by atoms with Crippen molar-refractivity contribution in [1.82, 2.24) is 21.3 Å². The van der Waals surface area contributed by atoms with Gasteiger partial charge in [-0.25, -0.2) is 9.59 Å². The fourth-order valence-corrected chi connectivity index (χ4v) is 3.63. The molecule has 0 bridgehead atoms. The van der Waals surface area contributed by atoms with Crippen LogP contribution in [0.25, 0.3) is 0 Å². The van der Waals surface area contributed by atoms with E-state index in [-0.39, 0.29) is 12.5 Å². The average molecular weight is 1100 g/mol. The maximum atomic E-state index is 12.2. The van der Waals surface area contributed by atoms with Gasteiger partial charge in [-0.1, -0.05) is 0 Å². The topological polar surface area (TPSA) is 166 Å². The van der Waals surface area contributed by atoms with Crippen LogP contribution < -0.4 is 21.3 Å². The molecule has 0 saturated heterocycles. The molecule has 0 saturated carbocycles. The predicted octanol–water partition coefficient (Wildman–Crippen LogP) is 2.57. The van der Waals surface area contributed by atoms with Crippen LogP contribution in [0.3, 0.4) is 0 Å². The van der Waals surface area contributed by atoms with Crippen LogP contribution in [-0.4, -0.2) is 59.6 Å². The second-order valence-corrected chi connectivity index (χ2v) is 24.2. The number of amides is 4. The molecule has 2 unspecified atom stereocenters.